The van der Waals surface area contributed by atoms with Crippen molar-refractivity contribution in [2.75, 3.05) is 11.9 Å². The van der Waals surface area contributed by atoms with E-state index in [0.717, 1.165) is 33.3 Å². The lowest BCUT2D eigenvalue weighted by Crippen LogP contribution is -2.26. The second-order valence-electron chi connectivity index (χ2n) is 6.21. The van der Waals surface area contributed by atoms with Gasteiger partial charge in [0.15, 0.2) is 0 Å². The van der Waals surface area contributed by atoms with E-state index in [2.05, 4.69) is 39.9 Å². The molecule has 0 saturated heterocycles. The molecular formula is C20H22N4O. The van der Waals surface area contributed by atoms with Crippen LogP contribution in [-0.4, -0.2) is 23.7 Å². The number of hydrazone groups is 1. The van der Waals surface area contributed by atoms with E-state index in [-0.39, 0.29) is 12.5 Å². The quantitative estimate of drug-likeness (QED) is 0.492. The molecule has 0 spiro atoms. The van der Waals surface area contributed by atoms with Crippen LogP contribution >= 0.6 is 0 Å². The number of aryl methyl sites for hydroxylation is 3. The van der Waals surface area contributed by atoms with Gasteiger partial charge in [-0.3, -0.25) is 4.79 Å². The number of nitrogens with one attached hydrogen (secondary N) is 3. The molecular weight excluding hydrogens is 312 g/mol. The summed E-state index contributed by atoms with van der Waals surface area (Å²) in [7, 11) is 0. The van der Waals surface area contributed by atoms with Gasteiger partial charge in [0.05, 0.1) is 12.8 Å². The lowest BCUT2D eigenvalue weighted by Gasteiger charge is -2.13. The summed E-state index contributed by atoms with van der Waals surface area (Å²) in [5.74, 6) is -0.185. The minimum absolute atomic E-state index is 0.177. The molecule has 0 aliphatic heterocycles. The maximum Gasteiger partial charge on any atom is 0.259 e. The highest BCUT2D eigenvalue weighted by atomic mass is 16.2. The molecule has 0 unspecified atom stereocenters. The number of aromatic nitrogens is 1. The van der Waals surface area contributed by atoms with Crippen LogP contribution in [0.1, 0.15) is 22.3 Å². The van der Waals surface area contributed by atoms with Crippen LogP contribution in [0.3, 0.4) is 0 Å². The lowest BCUT2D eigenvalue weighted by atomic mass is 10.1. The summed E-state index contributed by atoms with van der Waals surface area (Å²) in [4.78, 5) is 15.2. The van der Waals surface area contributed by atoms with Crippen molar-refractivity contribution in [2.24, 2.45) is 5.10 Å². The van der Waals surface area contributed by atoms with E-state index in [9.17, 15) is 4.79 Å². The van der Waals surface area contributed by atoms with E-state index < -0.39 is 0 Å². The van der Waals surface area contributed by atoms with Gasteiger partial charge in [-0.15, -0.1) is 0 Å². The Kier molecular flexibility index (Phi) is 4.84. The smallest absolute Gasteiger partial charge is 0.259 e. The van der Waals surface area contributed by atoms with E-state index in [0.29, 0.717) is 0 Å². The predicted octanol–water partition coefficient (Wildman–Crippen LogP) is 3.66. The summed E-state index contributed by atoms with van der Waals surface area (Å²) in [6.45, 7) is 6.32. The zero-order valence-electron chi connectivity index (χ0n) is 14.7. The SMILES string of the molecule is Cc1cc(C)c(NCC(=O)NN=Cc2c[nH]c3ccccc23)c(C)c1. The van der Waals surface area contributed by atoms with Crippen LogP contribution in [0, 0.1) is 20.8 Å². The Balaban J connectivity index is 1.58. The molecule has 3 N–H and O–H groups in total. The summed E-state index contributed by atoms with van der Waals surface area (Å²) in [6, 6.07) is 12.2. The second kappa shape index (κ2) is 7.21. The van der Waals surface area contributed by atoms with E-state index in [4.69, 9.17) is 0 Å². The van der Waals surface area contributed by atoms with Crippen molar-refractivity contribution < 1.29 is 4.79 Å². The second-order valence-corrected chi connectivity index (χ2v) is 6.21. The van der Waals surface area contributed by atoms with E-state index in [1.165, 1.54) is 5.56 Å². The standard InChI is InChI=1S/C20H22N4O/c1-13-8-14(2)20(15(3)9-13)22-12-19(25)24-23-11-16-10-21-18-7-5-4-6-17(16)18/h4-11,21-22H,12H2,1-3H3,(H,24,25). The summed E-state index contributed by atoms with van der Waals surface area (Å²) in [6.07, 6.45) is 3.52. The van der Waals surface area contributed by atoms with Gasteiger partial charge in [0, 0.05) is 28.4 Å². The molecule has 3 rings (SSSR count). The Hall–Kier alpha value is -3.08. The molecule has 5 heteroatoms. The fourth-order valence-corrected chi connectivity index (χ4v) is 3.04. The van der Waals surface area contributed by atoms with Crippen molar-refractivity contribution in [1.29, 1.82) is 0 Å². The predicted molar refractivity (Wildman–Crippen MR) is 103 cm³/mol. The first-order valence-electron chi connectivity index (χ1n) is 8.24. The van der Waals surface area contributed by atoms with Crippen LogP contribution in [0.2, 0.25) is 0 Å². The van der Waals surface area contributed by atoms with E-state index >= 15 is 0 Å². The number of amides is 1. The number of anilines is 1. The monoisotopic (exact) mass is 334 g/mol. The van der Waals surface area contributed by atoms with E-state index in [1.54, 1.807) is 6.21 Å². The number of carbonyl (C=O) groups is 1. The van der Waals surface area contributed by atoms with Crippen LogP contribution in [0.25, 0.3) is 10.9 Å². The van der Waals surface area contributed by atoms with Crippen molar-refractivity contribution in [3.8, 4) is 0 Å². The summed E-state index contributed by atoms with van der Waals surface area (Å²) in [5, 5.41) is 8.31. The molecule has 5 nitrogen and oxygen atoms in total. The minimum atomic E-state index is -0.185. The molecule has 0 saturated carbocycles. The van der Waals surface area contributed by atoms with Gasteiger partial charge >= 0.3 is 0 Å². The number of aromatic amines is 1. The third kappa shape index (κ3) is 3.88. The topological polar surface area (TPSA) is 69.3 Å². The molecule has 0 atom stereocenters. The number of H-pyrrole nitrogens is 1. The molecule has 0 aliphatic carbocycles. The Morgan fingerprint density at radius 2 is 1.88 bits per heavy atom. The van der Waals surface area contributed by atoms with Crippen molar-refractivity contribution >= 4 is 28.7 Å². The van der Waals surface area contributed by atoms with Crippen LogP contribution in [0.15, 0.2) is 47.7 Å². The van der Waals surface area contributed by atoms with Crippen LogP contribution in [0.4, 0.5) is 5.69 Å². The number of fused-ring (bicyclic) bond motifs is 1. The van der Waals surface area contributed by atoms with Crippen molar-refractivity contribution in [2.45, 2.75) is 20.8 Å². The number of carbonyl (C=O) groups excluding carboxylic acids is 1. The Bertz CT molecular complexity index is 917. The number of hydrogen-bond acceptors (Lipinski definition) is 3. The third-order valence-electron chi connectivity index (χ3n) is 4.12. The maximum atomic E-state index is 12.0. The average molecular weight is 334 g/mol. The average Bonchev–Trinajstić information content (AvgIpc) is 2.97. The molecule has 0 radical (unpaired) electrons. The molecule has 1 heterocycles. The molecule has 0 bridgehead atoms. The molecule has 2 aromatic carbocycles. The molecule has 3 aromatic rings. The summed E-state index contributed by atoms with van der Waals surface area (Å²) in [5.41, 5.74) is 9.02. The molecule has 0 fully saturated rings. The van der Waals surface area contributed by atoms with Crippen molar-refractivity contribution in [3.63, 3.8) is 0 Å². The van der Waals surface area contributed by atoms with Gasteiger partial charge < -0.3 is 10.3 Å². The van der Waals surface area contributed by atoms with Crippen molar-refractivity contribution in [1.82, 2.24) is 10.4 Å². The van der Waals surface area contributed by atoms with Gasteiger partial charge in [-0.1, -0.05) is 35.9 Å². The summed E-state index contributed by atoms with van der Waals surface area (Å²) >= 11 is 0. The molecule has 128 valence electrons. The van der Waals surface area contributed by atoms with Gasteiger partial charge in [0.1, 0.15) is 0 Å². The zero-order chi connectivity index (χ0) is 17.8. The van der Waals surface area contributed by atoms with E-state index in [1.807, 2.05) is 44.3 Å². The van der Waals surface area contributed by atoms with Crippen LogP contribution in [-0.2, 0) is 4.79 Å². The number of rotatable bonds is 5. The van der Waals surface area contributed by atoms with Gasteiger partial charge in [-0.2, -0.15) is 5.10 Å². The molecule has 0 aliphatic rings. The third-order valence-corrected chi connectivity index (χ3v) is 4.12. The minimum Gasteiger partial charge on any atom is -0.376 e. The van der Waals surface area contributed by atoms with Gasteiger partial charge in [-0.25, -0.2) is 5.43 Å². The Morgan fingerprint density at radius 3 is 2.64 bits per heavy atom. The molecule has 25 heavy (non-hydrogen) atoms. The largest absolute Gasteiger partial charge is 0.376 e. The molecule has 1 aromatic heterocycles. The molecule has 1 amide bonds. The Labute approximate surface area is 147 Å². The normalized spacial score (nSPS) is 11.2. The number of para-hydroxylation sites is 1. The van der Waals surface area contributed by atoms with Crippen LogP contribution in [0.5, 0.6) is 0 Å². The van der Waals surface area contributed by atoms with Gasteiger partial charge in [0.2, 0.25) is 0 Å². The fourth-order valence-electron chi connectivity index (χ4n) is 3.04. The number of nitrogens with zero attached hydrogens (tertiary/aromatic N) is 1. The van der Waals surface area contributed by atoms with Gasteiger partial charge in [-0.05, 0) is 38.0 Å². The first kappa shape index (κ1) is 16.8. The highest BCUT2D eigenvalue weighted by molar-refractivity contribution is 5.99. The van der Waals surface area contributed by atoms with Crippen molar-refractivity contribution in [3.05, 3.63) is 64.8 Å². The first-order chi connectivity index (χ1) is 12.0. The Morgan fingerprint density at radius 1 is 1.16 bits per heavy atom. The number of benzene rings is 2. The van der Waals surface area contributed by atoms with Crippen LogP contribution < -0.4 is 10.7 Å². The lowest BCUT2D eigenvalue weighted by molar-refractivity contribution is -0.119. The highest BCUT2D eigenvalue weighted by Gasteiger charge is 2.06. The maximum absolute atomic E-state index is 12.0. The first-order valence-corrected chi connectivity index (χ1v) is 8.24. The zero-order valence-corrected chi connectivity index (χ0v) is 14.7. The fraction of sp³-hybridized carbons (Fsp3) is 0.200. The number of hydrogen-bond donors (Lipinski definition) is 3. The summed E-state index contributed by atoms with van der Waals surface area (Å²) < 4.78 is 0. The highest BCUT2D eigenvalue weighted by Crippen LogP contribution is 2.21. The van der Waals surface area contributed by atoms with Gasteiger partial charge in [0.25, 0.3) is 5.91 Å².